The third kappa shape index (κ3) is 2.32. The van der Waals surface area contributed by atoms with E-state index < -0.39 is 6.29 Å². The number of benzene rings is 1. The molecule has 1 unspecified atom stereocenters. The minimum Gasteiger partial charge on any atom is -0.292 e. The normalized spacial score (nSPS) is 18.6. The highest BCUT2D eigenvalue weighted by molar-refractivity contribution is 8.13. The summed E-state index contributed by atoms with van der Waals surface area (Å²) in [6.07, 6.45) is 3.03. The second kappa shape index (κ2) is 5.57. The molecule has 1 aromatic rings. The fourth-order valence-corrected chi connectivity index (χ4v) is 2.40. The van der Waals surface area contributed by atoms with Gasteiger partial charge in [-0.1, -0.05) is 30.3 Å². The molecule has 1 atom stereocenters. The zero-order chi connectivity index (χ0) is 13.8. The molecule has 1 aromatic carbocycles. The topological polar surface area (TPSA) is 89.2 Å². The molecular weight excluding hydrogens is 258 g/mol. The number of nitriles is 2. The van der Waals surface area contributed by atoms with Crippen LogP contribution in [-0.4, -0.2) is 22.5 Å². The molecule has 0 radical (unpaired) electrons. The molecule has 0 fully saturated rings. The van der Waals surface area contributed by atoms with E-state index in [1.165, 1.54) is 16.7 Å². The number of hydrogen-bond acceptors (Lipinski definition) is 6. The molecule has 2 N–H and O–H groups in total. The van der Waals surface area contributed by atoms with Gasteiger partial charge in [0.2, 0.25) is 0 Å². The van der Waals surface area contributed by atoms with Gasteiger partial charge in [-0.05, 0) is 6.26 Å². The number of thioether (sulfide) groups is 1. The Morgan fingerprint density at radius 2 is 2.00 bits per heavy atom. The van der Waals surface area contributed by atoms with Crippen LogP contribution in [0.1, 0.15) is 5.56 Å². The van der Waals surface area contributed by atoms with Crippen molar-refractivity contribution in [1.29, 1.82) is 10.5 Å². The molecule has 0 aromatic heterocycles. The molecule has 94 valence electrons. The Kier molecular flexibility index (Phi) is 3.86. The molecule has 0 saturated heterocycles. The Balaban J connectivity index is 2.68. The van der Waals surface area contributed by atoms with Gasteiger partial charge in [0.25, 0.3) is 0 Å². The van der Waals surface area contributed by atoms with Crippen LogP contribution in [0, 0.1) is 22.8 Å². The minimum absolute atomic E-state index is 0.377. The van der Waals surface area contributed by atoms with Crippen molar-refractivity contribution < 1.29 is 0 Å². The first-order valence-electron chi connectivity index (χ1n) is 5.49. The highest BCUT2D eigenvalue weighted by Crippen LogP contribution is 2.30. The second-order valence-electron chi connectivity index (χ2n) is 3.72. The van der Waals surface area contributed by atoms with Crippen LogP contribution in [0.2, 0.25) is 0 Å². The summed E-state index contributed by atoms with van der Waals surface area (Å²) in [5.41, 5.74) is 7.52. The fraction of sp³-hybridized carbons (Fsp3) is 0.154. The van der Waals surface area contributed by atoms with Crippen LogP contribution in [-0.2, 0) is 0 Å². The van der Waals surface area contributed by atoms with Crippen LogP contribution in [0.15, 0.2) is 40.9 Å². The average molecular weight is 269 g/mol. The van der Waals surface area contributed by atoms with E-state index in [9.17, 15) is 10.5 Å². The maximum atomic E-state index is 9.34. The van der Waals surface area contributed by atoms with E-state index >= 15 is 0 Å². The first-order chi connectivity index (χ1) is 9.22. The van der Waals surface area contributed by atoms with Gasteiger partial charge in [0, 0.05) is 5.56 Å². The molecular formula is C13H11N5S. The fourth-order valence-electron chi connectivity index (χ4n) is 1.84. The molecule has 1 aliphatic heterocycles. The summed E-state index contributed by atoms with van der Waals surface area (Å²) >= 11 is 1.35. The highest BCUT2D eigenvalue weighted by atomic mass is 32.2. The molecule has 0 amide bonds. The van der Waals surface area contributed by atoms with Crippen LogP contribution in [0.4, 0.5) is 0 Å². The second-order valence-corrected chi connectivity index (χ2v) is 4.52. The highest BCUT2D eigenvalue weighted by Gasteiger charge is 2.29. The Labute approximate surface area is 115 Å². The maximum Gasteiger partial charge on any atom is 0.188 e. The smallest absolute Gasteiger partial charge is 0.188 e. The lowest BCUT2D eigenvalue weighted by Gasteiger charge is -2.28. The third-order valence-electron chi connectivity index (χ3n) is 2.67. The van der Waals surface area contributed by atoms with Crippen molar-refractivity contribution in [2.75, 3.05) is 6.26 Å². The van der Waals surface area contributed by atoms with Gasteiger partial charge in [0.1, 0.15) is 16.7 Å². The predicted molar refractivity (Wildman–Crippen MR) is 75.4 cm³/mol. The van der Waals surface area contributed by atoms with Crippen LogP contribution in [0.5, 0.6) is 0 Å². The van der Waals surface area contributed by atoms with E-state index in [1.807, 2.05) is 42.8 Å². The van der Waals surface area contributed by atoms with E-state index in [2.05, 4.69) is 11.1 Å². The molecule has 0 spiro atoms. The van der Waals surface area contributed by atoms with Gasteiger partial charge in [0.15, 0.2) is 12.5 Å². The summed E-state index contributed by atoms with van der Waals surface area (Å²) in [7, 11) is 0. The molecule has 1 heterocycles. The average Bonchev–Trinajstić information content (AvgIpc) is 2.46. The number of aliphatic imine (C=N–C) groups is 1. The van der Waals surface area contributed by atoms with E-state index in [4.69, 9.17) is 5.73 Å². The van der Waals surface area contributed by atoms with Gasteiger partial charge in [-0.3, -0.25) is 5.73 Å². The van der Waals surface area contributed by atoms with Gasteiger partial charge in [0.05, 0.1) is 5.70 Å². The number of nitrogens with two attached hydrogens (primary N) is 1. The first-order valence-corrected chi connectivity index (χ1v) is 6.72. The van der Waals surface area contributed by atoms with Crippen molar-refractivity contribution in [3.05, 3.63) is 41.5 Å². The monoisotopic (exact) mass is 269 g/mol. The Hall–Kier alpha value is -2.28. The molecule has 0 aliphatic carbocycles. The summed E-state index contributed by atoms with van der Waals surface area (Å²) in [6.45, 7) is 0. The molecule has 5 nitrogen and oxygen atoms in total. The molecule has 0 saturated carbocycles. The third-order valence-corrected chi connectivity index (χ3v) is 3.36. The summed E-state index contributed by atoms with van der Waals surface area (Å²) < 4.78 is 0. The predicted octanol–water partition coefficient (Wildman–Crippen LogP) is 1.72. The van der Waals surface area contributed by atoms with Gasteiger partial charge in [-0.2, -0.15) is 10.5 Å². The summed E-state index contributed by atoms with van der Waals surface area (Å²) in [6, 6.07) is 11.4. The van der Waals surface area contributed by atoms with Crippen molar-refractivity contribution in [2.45, 2.75) is 6.29 Å². The molecule has 6 heteroatoms. The van der Waals surface area contributed by atoms with Crippen LogP contribution >= 0.6 is 11.8 Å². The lowest BCUT2D eigenvalue weighted by Crippen LogP contribution is -2.40. The van der Waals surface area contributed by atoms with E-state index in [1.54, 1.807) is 0 Å². The maximum absolute atomic E-state index is 9.34. The number of hydrogen-bond donors (Lipinski definition) is 1. The van der Waals surface area contributed by atoms with E-state index in [-0.39, 0.29) is 0 Å². The minimum atomic E-state index is -0.792. The summed E-state index contributed by atoms with van der Waals surface area (Å²) in [5.74, 6) is 0. The van der Waals surface area contributed by atoms with Gasteiger partial charge < -0.3 is 0 Å². The Morgan fingerprint density at radius 3 is 2.53 bits per heavy atom. The van der Waals surface area contributed by atoms with Gasteiger partial charge in [-0.15, -0.1) is 11.8 Å². The van der Waals surface area contributed by atoms with Gasteiger partial charge >= 0.3 is 0 Å². The zero-order valence-corrected chi connectivity index (χ0v) is 11.1. The molecule has 0 bridgehead atoms. The van der Waals surface area contributed by atoms with Gasteiger partial charge in [-0.25, -0.2) is 9.89 Å². The molecule has 1 aliphatic rings. The van der Waals surface area contributed by atoms with Crippen LogP contribution < -0.4 is 5.73 Å². The van der Waals surface area contributed by atoms with Crippen molar-refractivity contribution in [3.63, 3.8) is 0 Å². The van der Waals surface area contributed by atoms with Crippen LogP contribution in [0.3, 0.4) is 0 Å². The van der Waals surface area contributed by atoms with Crippen LogP contribution in [0.25, 0.3) is 5.70 Å². The molecule has 2 rings (SSSR count). The number of rotatable bonds is 1. The SMILES string of the molecule is CSC1=NC(N)N(C#N)C(c2ccccc2)=C1C#N. The lowest BCUT2D eigenvalue weighted by atomic mass is 10.1. The summed E-state index contributed by atoms with van der Waals surface area (Å²) in [5, 5.41) is 19.1. The van der Waals surface area contributed by atoms with Crippen molar-refractivity contribution in [2.24, 2.45) is 10.7 Å². The Bertz CT molecular complexity index is 621. The van der Waals surface area contributed by atoms with E-state index in [0.717, 1.165) is 5.56 Å². The quantitative estimate of drug-likeness (QED) is 0.784. The zero-order valence-electron chi connectivity index (χ0n) is 10.2. The largest absolute Gasteiger partial charge is 0.292 e. The lowest BCUT2D eigenvalue weighted by molar-refractivity contribution is 0.415. The standard InChI is InChI=1S/C13H11N5S/c1-19-12-10(7-14)11(9-5-3-2-4-6-9)18(8-15)13(16)17-12/h2-6,13H,16H2,1H3. The summed E-state index contributed by atoms with van der Waals surface area (Å²) in [4.78, 5) is 5.42. The molecule has 19 heavy (non-hydrogen) atoms. The van der Waals surface area contributed by atoms with Crippen molar-refractivity contribution in [3.8, 4) is 12.3 Å². The first kappa shape index (κ1) is 13.2. The number of nitrogens with zero attached hydrogens (tertiary/aromatic N) is 4. The van der Waals surface area contributed by atoms with E-state index in [0.29, 0.717) is 16.3 Å². The van der Waals surface area contributed by atoms with Crippen molar-refractivity contribution >= 4 is 22.5 Å². The van der Waals surface area contributed by atoms with Crippen molar-refractivity contribution in [1.82, 2.24) is 4.90 Å². The Morgan fingerprint density at radius 1 is 1.32 bits per heavy atom.